The van der Waals surface area contributed by atoms with E-state index in [4.69, 9.17) is 12.6 Å². The van der Waals surface area contributed by atoms with E-state index in [0.717, 1.165) is 56.7 Å². The molecule has 8 heteroatoms. The standard InChI is InChI=1S/C18H45O4PSi3/c1-10-13-16-24(4,5)20-23(19,21-25(6,7)17-14-11-2)22-26(8,9)18-15-12-3/h10-18H2,1-9H3. The first-order valence-electron chi connectivity index (χ1n) is 10.5. The number of unbranched alkanes of at least 4 members (excludes halogenated alkanes) is 3. The van der Waals surface area contributed by atoms with Crippen LogP contribution in [0.3, 0.4) is 0 Å². The third-order valence-corrected chi connectivity index (χ3v) is 17.8. The lowest BCUT2D eigenvalue weighted by atomic mass is 10.4. The van der Waals surface area contributed by atoms with Crippen LogP contribution in [0, 0.1) is 0 Å². The van der Waals surface area contributed by atoms with Crippen LogP contribution < -0.4 is 0 Å². The molecule has 0 unspecified atom stereocenters. The van der Waals surface area contributed by atoms with Gasteiger partial charge in [-0.25, -0.2) is 4.57 Å². The molecular formula is C18H45O4PSi3. The highest BCUT2D eigenvalue weighted by atomic mass is 31.2. The van der Waals surface area contributed by atoms with Crippen molar-refractivity contribution in [3.63, 3.8) is 0 Å². The van der Waals surface area contributed by atoms with Crippen LogP contribution >= 0.6 is 7.82 Å². The Morgan fingerprint density at radius 3 is 1.00 bits per heavy atom. The molecule has 0 aliphatic carbocycles. The highest BCUT2D eigenvalue weighted by Crippen LogP contribution is 2.57. The second kappa shape index (κ2) is 11.7. The van der Waals surface area contributed by atoms with E-state index in [1.807, 2.05) is 0 Å². The van der Waals surface area contributed by atoms with Gasteiger partial charge in [0.15, 0.2) is 0 Å². The second-order valence-corrected chi connectivity index (χ2v) is 24.5. The van der Waals surface area contributed by atoms with Crippen molar-refractivity contribution in [2.75, 3.05) is 0 Å². The van der Waals surface area contributed by atoms with E-state index in [-0.39, 0.29) is 0 Å². The van der Waals surface area contributed by atoms with Gasteiger partial charge in [-0.05, 0) is 57.4 Å². The van der Waals surface area contributed by atoms with Crippen molar-refractivity contribution in [1.82, 2.24) is 0 Å². The van der Waals surface area contributed by atoms with Crippen molar-refractivity contribution >= 4 is 32.8 Å². The summed E-state index contributed by atoms with van der Waals surface area (Å²) in [5, 5.41) is 0. The van der Waals surface area contributed by atoms with Crippen LogP contribution in [0.2, 0.25) is 57.4 Å². The molecule has 0 aliphatic rings. The largest absolute Gasteiger partial charge is 0.445 e. The normalized spacial score (nSPS) is 14.0. The van der Waals surface area contributed by atoms with Gasteiger partial charge in [0.05, 0.1) is 0 Å². The lowest BCUT2D eigenvalue weighted by Gasteiger charge is -2.37. The monoisotopic (exact) mass is 440 g/mol. The van der Waals surface area contributed by atoms with Crippen molar-refractivity contribution in [2.24, 2.45) is 0 Å². The Kier molecular flexibility index (Phi) is 12.0. The highest BCUT2D eigenvalue weighted by molar-refractivity contribution is 7.53. The summed E-state index contributed by atoms with van der Waals surface area (Å²) in [4.78, 5) is 0. The van der Waals surface area contributed by atoms with Crippen molar-refractivity contribution < 1.29 is 17.2 Å². The van der Waals surface area contributed by atoms with E-state index >= 15 is 0 Å². The van der Waals surface area contributed by atoms with Crippen molar-refractivity contribution in [1.29, 1.82) is 0 Å². The molecule has 0 spiro atoms. The van der Waals surface area contributed by atoms with Gasteiger partial charge < -0.3 is 12.6 Å². The molecule has 0 radical (unpaired) electrons. The van der Waals surface area contributed by atoms with Gasteiger partial charge in [0.1, 0.15) is 0 Å². The zero-order valence-electron chi connectivity index (χ0n) is 18.9. The van der Waals surface area contributed by atoms with Gasteiger partial charge in [0.25, 0.3) is 0 Å². The fraction of sp³-hybridized carbons (Fsp3) is 1.00. The third-order valence-electron chi connectivity index (χ3n) is 4.47. The van der Waals surface area contributed by atoms with E-state index in [1.54, 1.807) is 0 Å². The second-order valence-electron chi connectivity index (χ2n) is 9.31. The summed E-state index contributed by atoms with van der Waals surface area (Å²) >= 11 is 0. The summed E-state index contributed by atoms with van der Waals surface area (Å²) in [6, 6.07) is 2.98. The van der Waals surface area contributed by atoms with Gasteiger partial charge in [-0.15, -0.1) is 0 Å². The van der Waals surface area contributed by atoms with Crippen molar-refractivity contribution in [2.45, 2.75) is 117 Å². The zero-order chi connectivity index (χ0) is 20.5. The first-order chi connectivity index (χ1) is 11.8. The molecule has 0 N–H and O–H groups in total. The van der Waals surface area contributed by atoms with E-state index in [1.165, 1.54) is 0 Å². The number of hydrogen-bond acceptors (Lipinski definition) is 4. The van der Waals surface area contributed by atoms with E-state index in [0.29, 0.717) is 0 Å². The summed E-state index contributed by atoms with van der Waals surface area (Å²) in [6.07, 6.45) is 6.68. The quantitative estimate of drug-likeness (QED) is 0.190. The molecule has 0 saturated carbocycles. The molecule has 0 atom stereocenters. The minimum atomic E-state index is -3.52. The SMILES string of the molecule is CCCC[Si](C)(C)OP(=O)(O[Si](C)(C)CCCC)O[Si](C)(C)CCCC. The molecule has 0 aromatic heterocycles. The Morgan fingerprint density at radius 1 is 0.577 bits per heavy atom. The first kappa shape index (κ1) is 26.8. The van der Waals surface area contributed by atoms with Gasteiger partial charge >= 0.3 is 7.82 Å². The predicted octanol–water partition coefficient (Wildman–Crippen LogP) is 8.16. The average Bonchev–Trinajstić information content (AvgIpc) is 2.46. The first-order valence-corrected chi connectivity index (χ1v) is 21.3. The Bertz CT molecular complexity index is 380. The molecule has 0 aromatic rings. The Labute approximate surface area is 166 Å². The van der Waals surface area contributed by atoms with Crippen molar-refractivity contribution in [3.05, 3.63) is 0 Å². The number of hydrogen-bond donors (Lipinski definition) is 0. The van der Waals surface area contributed by atoms with Crippen LogP contribution in [0.25, 0.3) is 0 Å². The molecule has 0 heterocycles. The molecule has 158 valence electrons. The molecule has 0 aliphatic heterocycles. The number of phosphoric acid groups is 1. The molecule has 4 nitrogen and oxygen atoms in total. The molecule has 0 saturated heterocycles. The Balaban J connectivity index is 5.39. The average molecular weight is 441 g/mol. The van der Waals surface area contributed by atoms with E-state index in [9.17, 15) is 4.57 Å². The summed E-state index contributed by atoms with van der Waals surface area (Å²) in [7, 11) is -9.79. The van der Waals surface area contributed by atoms with Crippen LogP contribution in [0.15, 0.2) is 0 Å². The number of rotatable bonds is 15. The summed E-state index contributed by atoms with van der Waals surface area (Å²) in [6.45, 7) is 19.4. The molecular weight excluding hydrogens is 395 g/mol. The molecule has 0 aromatic carbocycles. The third kappa shape index (κ3) is 12.3. The van der Waals surface area contributed by atoms with Gasteiger partial charge in [-0.3, -0.25) is 0 Å². The van der Waals surface area contributed by atoms with Crippen LogP contribution in [0.5, 0.6) is 0 Å². The molecule has 0 bridgehead atoms. The minimum absolute atomic E-state index is 0.994. The van der Waals surface area contributed by atoms with Crippen LogP contribution in [-0.2, 0) is 17.2 Å². The fourth-order valence-electron chi connectivity index (χ4n) is 2.91. The van der Waals surface area contributed by atoms with Crippen LogP contribution in [-0.4, -0.2) is 25.0 Å². The smallest absolute Gasteiger partial charge is 0.331 e. The summed E-state index contributed by atoms with van der Waals surface area (Å²) in [5.74, 6) is 0. The van der Waals surface area contributed by atoms with Gasteiger partial charge in [-0.1, -0.05) is 59.3 Å². The van der Waals surface area contributed by atoms with Gasteiger partial charge in [0.2, 0.25) is 25.0 Å². The maximum Gasteiger partial charge on any atom is 0.445 e. The van der Waals surface area contributed by atoms with E-state index in [2.05, 4.69) is 60.1 Å². The zero-order valence-corrected chi connectivity index (χ0v) is 22.8. The Hall–Kier alpha value is 0.761. The molecule has 0 fully saturated rings. The van der Waals surface area contributed by atoms with Crippen molar-refractivity contribution in [3.8, 4) is 0 Å². The van der Waals surface area contributed by atoms with Gasteiger partial charge in [-0.2, -0.15) is 0 Å². The maximum absolute atomic E-state index is 13.8. The highest BCUT2D eigenvalue weighted by Gasteiger charge is 2.44. The summed E-state index contributed by atoms with van der Waals surface area (Å²) in [5.41, 5.74) is 0. The topological polar surface area (TPSA) is 44.8 Å². The molecule has 26 heavy (non-hydrogen) atoms. The fourth-order valence-corrected chi connectivity index (χ4v) is 16.3. The lowest BCUT2D eigenvalue weighted by Crippen LogP contribution is -2.38. The maximum atomic E-state index is 13.8. The van der Waals surface area contributed by atoms with Gasteiger partial charge in [0, 0.05) is 0 Å². The molecule has 0 amide bonds. The van der Waals surface area contributed by atoms with Crippen LogP contribution in [0.4, 0.5) is 0 Å². The minimum Gasteiger partial charge on any atom is -0.331 e. The summed E-state index contributed by atoms with van der Waals surface area (Å²) < 4.78 is 32.6. The molecule has 0 rings (SSSR count). The van der Waals surface area contributed by atoms with Crippen LogP contribution in [0.1, 0.15) is 59.3 Å². The van der Waals surface area contributed by atoms with E-state index < -0.39 is 32.8 Å². The Morgan fingerprint density at radius 2 is 0.808 bits per heavy atom. The predicted molar refractivity (Wildman–Crippen MR) is 122 cm³/mol. The lowest BCUT2D eigenvalue weighted by molar-refractivity contribution is 0.287.